The molecule has 0 aliphatic carbocycles. The monoisotopic (exact) mass is 383 g/mol. The summed E-state index contributed by atoms with van der Waals surface area (Å²) in [7, 11) is 0. The Bertz CT molecular complexity index is 725. The summed E-state index contributed by atoms with van der Waals surface area (Å²) in [6.45, 7) is 2.65. The summed E-state index contributed by atoms with van der Waals surface area (Å²) in [6.07, 6.45) is 0. The Morgan fingerprint density at radius 3 is 2.17 bits per heavy atom. The van der Waals surface area contributed by atoms with E-state index in [4.69, 9.17) is 34.8 Å². The number of anilines is 2. The van der Waals surface area contributed by atoms with Crippen molar-refractivity contribution >= 4 is 52.2 Å². The van der Waals surface area contributed by atoms with E-state index in [1.54, 1.807) is 23.1 Å². The van der Waals surface area contributed by atoms with Crippen molar-refractivity contribution in [3.8, 4) is 0 Å². The Hall–Kier alpha value is -1.62. The quantitative estimate of drug-likeness (QED) is 0.791. The third kappa shape index (κ3) is 4.07. The number of piperazine rings is 1. The number of nitrogens with one attached hydrogen (secondary N) is 1. The van der Waals surface area contributed by atoms with E-state index in [1.165, 1.54) is 0 Å². The number of hydrogen-bond acceptors (Lipinski definition) is 2. The smallest absolute Gasteiger partial charge is 0.322 e. The number of hydrogen-bond donors (Lipinski definition) is 1. The lowest BCUT2D eigenvalue weighted by Gasteiger charge is -2.36. The summed E-state index contributed by atoms with van der Waals surface area (Å²) < 4.78 is 0. The molecular weight excluding hydrogens is 369 g/mol. The molecule has 0 bridgehead atoms. The molecule has 126 valence electrons. The van der Waals surface area contributed by atoms with Gasteiger partial charge in [-0.2, -0.15) is 0 Å². The second kappa shape index (κ2) is 7.51. The summed E-state index contributed by atoms with van der Waals surface area (Å²) in [5, 5.41) is 4.59. The molecular formula is C17H16Cl3N3O. The molecule has 1 saturated heterocycles. The van der Waals surface area contributed by atoms with Crippen LogP contribution in [0.2, 0.25) is 15.1 Å². The minimum Gasteiger partial charge on any atom is -0.368 e. The van der Waals surface area contributed by atoms with Crippen LogP contribution >= 0.6 is 34.8 Å². The number of rotatable bonds is 2. The molecule has 3 rings (SSSR count). The Labute approximate surface area is 155 Å². The van der Waals surface area contributed by atoms with Crippen LogP contribution in [0.4, 0.5) is 16.2 Å². The van der Waals surface area contributed by atoms with Gasteiger partial charge in [0.15, 0.2) is 0 Å². The lowest BCUT2D eigenvalue weighted by atomic mass is 10.2. The summed E-state index contributed by atoms with van der Waals surface area (Å²) in [5.74, 6) is 0. The molecule has 1 N–H and O–H groups in total. The lowest BCUT2D eigenvalue weighted by Crippen LogP contribution is -2.50. The van der Waals surface area contributed by atoms with Gasteiger partial charge in [0.05, 0.1) is 10.7 Å². The van der Waals surface area contributed by atoms with Crippen molar-refractivity contribution in [1.82, 2.24) is 4.90 Å². The minimum atomic E-state index is -0.146. The van der Waals surface area contributed by atoms with Crippen LogP contribution in [0.25, 0.3) is 0 Å². The van der Waals surface area contributed by atoms with E-state index in [-0.39, 0.29) is 6.03 Å². The van der Waals surface area contributed by atoms with Gasteiger partial charge in [0, 0.05) is 41.9 Å². The van der Waals surface area contributed by atoms with Gasteiger partial charge in [-0.05, 0) is 30.3 Å². The number of carbonyl (C=O) groups is 1. The zero-order chi connectivity index (χ0) is 17.1. The van der Waals surface area contributed by atoms with Gasteiger partial charge in [-0.25, -0.2) is 4.79 Å². The topological polar surface area (TPSA) is 35.6 Å². The highest BCUT2D eigenvalue weighted by Crippen LogP contribution is 2.26. The van der Waals surface area contributed by atoms with E-state index >= 15 is 0 Å². The number of urea groups is 1. The van der Waals surface area contributed by atoms with Crippen molar-refractivity contribution in [1.29, 1.82) is 0 Å². The third-order valence-electron chi connectivity index (χ3n) is 3.89. The van der Waals surface area contributed by atoms with Crippen LogP contribution in [0.1, 0.15) is 0 Å². The van der Waals surface area contributed by atoms with Gasteiger partial charge < -0.3 is 15.1 Å². The highest BCUT2D eigenvalue weighted by molar-refractivity contribution is 6.35. The Balaban J connectivity index is 1.60. The highest BCUT2D eigenvalue weighted by Gasteiger charge is 2.22. The van der Waals surface area contributed by atoms with E-state index in [1.807, 2.05) is 24.3 Å². The van der Waals surface area contributed by atoms with Crippen molar-refractivity contribution in [2.75, 3.05) is 36.4 Å². The maximum absolute atomic E-state index is 12.4. The normalized spacial score (nSPS) is 14.6. The molecule has 2 amide bonds. The first-order chi connectivity index (χ1) is 11.5. The molecule has 1 heterocycles. The predicted octanol–water partition coefficient (Wildman–Crippen LogP) is 5.00. The number of carbonyl (C=O) groups excluding carboxylic acids is 1. The molecule has 1 fully saturated rings. The third-order valence-corrected chi connectivity index (χ3v) is 4.66. The van der Waals surface area contributed by atoms with Gasteiger partial charge in [-0.3, -0.25) is 0 Å². The van der Waals surface area contributed by atoms with Crippen molar-refractivity contribution in [2.24, 2.45) is 0 Å². The Kier molecular flexibility index (Phi) is 5.39. The van der Waals surface area contributed by atoms with Gasteiger partial charge in [-0.15, -0.1) is 0 Å². The molecule has 1 aliphatic heterocycles. The largest absolute Gasteiger partial charge is 0.368 e. The van der Waals surface area contributed by atoms with Gasteiger partial charge >= 0.3 is 6.03 Å². The molecule has 0 saturated carbocycles. The van der Waals surface area contributed by atoms with Crippen LogP contribution in [0.5, 0.6) is 0 Å². The molecule has 2 aromatic rings. The van der Waals surface area contributed by atoms with E-state index < -0.39 is 0 Å². The molecule has 0 unspecified atom stereocenters. The molecule has 4 nitrogen and oxygen atoms in total. The molecule has 2 aromatic carbocycles. The van der Waals surface area contributed by atoms with Gasteiger partial charge in [-0.1, -0.05) is 46.9 Å². The average Bonchev–Trinajstić information content (AvgIpc) is 2.56. The highest BCUT2D eigenvalue weighted by atomic mass is 35.5. The fourth-order valence-electron chi connectivity index (χ4n) is 2.65. The van der Waals surface area contributed by atoms with Crippen LogP contribution in [0, 0.1) is 0 Å². The maximum Gasteiger partial charge on any atom is 0.322 e. The lowest BCUT2D eigenvalue weighted by molar-refractivity contribution is 0.208. The fourth-order valence-corrected chi connectivity index (χ4v) is 3.34. The molecule has 0 spiro atoms. The van der Waals surface area contributed by atoms with Crippen LogP contribution < -0.4 is 10.2 Å². The van der Waals surface area contributed by atoms with E-state index in [0.29, 0.717) is 46.9 Å². The summed E-state index contributed by atoms with van der Waals surface area (Å²) in [4.78, 5) is 16.3. The first-order valence-corrected chi connectivity index (χ1v) is 8.68. The van der Waals surface area contributed by atoms with Crippen molar-refractivity contribution in [3.05, 3.63) is 57.5 Å². The predicted molar refractivity (Wildman–Crippen MR) is 101 cm³/mol. The van der Waals surface area contributed by atoms with Crippen molar-refractivity contribution < 1.29 is 4.79 Å². The number of nitrogens with zero attached hydrogens (tertiary/aromatic N) is 2. The molecule has 0 radical (unpaired) electrons. The number of benzene rings is 2. The van der Waals surface area contributed by atoms with Gasteiger partial charge in [0.1, 0.15) is 0 Å². The first kappa shape index (κ1) is 17.2. The molecule has 1 aliphatic rings. The summed E-state index contributed by atoms with van der Waals surface area (Å²) >= 11 is 18.2. The second-order valence-corrected chi connectivity index (χ2v) is 6.79. The molecule has 0 atom stereocenters. The SMILES string of the molecule is O=C(Nc1ccccc1Cl)N1CCN(c2cc(Cl)cc(Cl)c2)CC1. The fraction of sp³-hybridized carbons (Fsp3) is 0.235. The average molecular weight is 385 g/mol. The maximum atomic E-state index is 12.4. The number of halogens is 3. The van der Waals surface area contributed by atoms with Crippen molar-refractivity contribution in [3.63, 3.8) is 0 Å². The standard InChI is InChI=1S/C17H16Cl3N3O/c18-12-9-13(19)11-14(10-12)22-5-7-23(8-6-22)17(24)21-16-4-2-1-3-15(16)20/h1-4,9-11H,5-8H2,(H,21,24). The zero-order valence-corrected chi connectivity index (χ0v) is 15.1. The van der Waals surface area contributed by atoms with Crippen LogP contribution in [-0.4, -0.2) is 37.1 Å². The van der Waals surface area contributed by atoms with Crippen LogP contribution in [-0.2, 0) is 0 Å². The van der Waals surface area contributed by atoms with Crippen molar-refractivity contribution in [2.45, 2.75) is 0 Å². The van der Waals surface area contributed by atoms with Crippen LogP contribution in [0.15, 0.2) is 42.5 Å². The van der Waals surface area contributed by atoms with E-state index in [9.17, 15) is 4.79 Å². The molecule has 24 heavy (non-hydrogen) atoms. The Morgan fingerprint density at radius 2 is 1.54 bits per heavy atom. The van der Waals surface area contributed by atoms with E-state index in [0.717, 1.165) is 5.69 Å². The van der Waals surface area contributed by atoms with Crippen LogP contribution in [0.3, 0.4) is 0 Å². The second-order valence-electron chi connectivity index (χ2n) is 5.51. The zero-order valence-electron chi connectivity index (χ0n) is 12.8. The van der Waals surface area contributed by atoms with Gasteiger partial charge in [0.25, 0.3) is 0 Å². The minimum absolute atomic E-state index is 0.146. The Morgan fingerprint density at radius 1 is 0.917 bits per heavy atom. The number of amides is 2. The summed E-state index contributed by atoms with van der Waals surface area (Å²) in [5.41, 5.74) is 1.59. The number of para-hydroxylation sites is 1. The molecule has 7 heteroatoms. The molecule has 0 aromatic heterocycles. The van der Waals surface area contributed by atoms with E-state index in [2.05, 4.69) is 10.2 Å². The first-order valence-electron chi connectivity index (χ1n) is 7.54. The summed E-state index contributed by atoms with van der Waals surface area (Å²) in [6, 6.07) is 12.5. The van der Waals surface area contributed by atoms with Gasteiger partial charge in [0.2, 0.25) is 0 Å².